The van der Waals surface area contributed by atoms with Crippen LogP contribution in [0.5, 0.6) is 11.5 Å². The normalized spacial score (nSPS) is 10.8. The minimum absolute atomic E-state index is 0.0245. The van der Waals surface area contributed by atoms with Crippen molar-refractivity contribution in [1.29, 1.82) is 0 Å². The van der Waals surface area contributed by atoms with Gasteiger partial charge in [0.2, 0.25) is 0 Å². The lowest BCUT2D eigenvalue weighted by atomic mass is 10.2. The van der Waals surface area contributed by atoms with Gasteiger partial charge in [-0.3, -0.25) is 9.59 Å². The molecular formula is C24H25N3O4. The largest absolute Gasteiger partial charge is 0.493 e. The lowest BCUT2D eigenvalue weighted by Crippen LogP contribution is -2.30. The molecule has 3 rings (SSSR count). The van der Waals surface area contributed by atoms with Crippen LogP contribution in [0, 0.1) is 0 Å². The molecule has 1 heterocycles. The Balaban J connectivity index is 1.69. The van der Waals surface area contributed by atoms with Gasteiger partial charge in [0.15, 0.2) is 11.5 Å². The van der Waals surface area contributed by atoms with Gasteiger partial charge < -0.3 is 14.0 Å². The number of aromatic nitrogens is 1. The number of carbonyl (C=O) groups excluding carboxylic acids is 1. The molecule has 0 saturated carbocycles. The molecule has 7 heteroatoms. The predicted molar refractivity (Wildman–Crippen MR) is 120 cm³/mol. The Morgan fingerprint density at radius 2 is 1.90 bits per heavy atom. The smallest absolute Gasteiger partial charge is 0.276 e. The van der Waals surface area contributed by atoms with Crippen molar-refractivity contribution in [3.8, 4) is 11.5 Å². The zero-order valence-corrected chi connectivity index (χ0v) is 17.6. The van der Waals surface area contributed by atoms with E-state index < -0.39 is 5.91 Å². The van der Waals surface area contributed by atoms with Gasteiger partial charge in [0.05, 0.1) is 26.5 Å². The van der Waals surface area contributed by atoms with Crippen LogP contribution >= 0.6 is 0 Å². The zero-order chi connectivity index (χ0) is 22.1. The average molecular weight is 419 g/mol. The molecule has 160 valence electrons. The number of ether oxygens (including phenoxy) is 2. The van der Waals surface area contributed by atoms with Gasteiger partial charge in [-0.1, -0.05) is 37.3 Å². The molecule has 0 aliphatic heterocycles. The summed E-state index contributed by atoms with van der Waals surface area (Å²) >= 11 is 0. The summed E-state index contributed by atoms with van der Waals surface area (Å²) in [6.07, 6.45) is 4.03. The Morgan fingerprint density at radius 3 is 2.65 bits per heavy atom. The maximum atomic E-state index is 12.7. The number of hydrogen-bond donors (Lipinski definition) is 1. The van der Waals surface area contributed by atoms with E-state index >= 15 is 0 Å². The van der Waals surface area contributed by atoms with E-state index in [-0.39, 0.29) is 11.1 Å². The Morgan fingerprint density at radius 1 is 1.10 bits per heavy atom. The molecule has 2 aromatic carbocycles. The summed E-state index contributed by atoms with van der Waals surface area (Å²) in [7, 11) is 1.56. The molecule has 31 heavy (non-hydrogen) atoms. The second-order valence-corrected chi connectivity index (χ2v) is 6.80. The van der Waals surface area contributed by atoms with Gasteiger partial charge in [-0.2, -0.15) is 5.10 Å². The minimum atomic E-state index is -0.571. The van der Waals surface area contributed by atoms with E-state index in [4.69, 9.17) is 9.47 Å². The van der Waals surface area contributed by atoms with Crippen LogP contribution in [-0.4, -0.2) is 30.4 Å². The van der Waals surface area contributed by atoms with Gasteiger partial charge in [0, 0.05) is 6.20 Å². The molecule has 0 saturated heterocycles. The standard InChI is InChI=1S/C24H25N3O4/c1-3-14-31-21-12-11-19(15-22(21)30-2)16-25-26-23(28)20-10-7-13-27(24(20)29)17-18-8-5-4-6-9-18/h4-13,15-16H,3,14,17H2,1-2H3,(H,26,28)/b25-16-. The summed E-state index contributed by atoms with van der Waals surface area (Å²) in [5, 5.41) is 3.97. The second-order valence-electron chi connectivity index (χ2n) is 6.80. The fourth-order valence-corrected chi connectivity index (χ4v) is 2.94. The van der Waals surface area contributed by atoms with Gasteiger partial charge in [0.1, 0.15) is 5.56 Å². The van der Waals surface area contributed by atoms with Crippen LogP contribution in [0.25, 0.3) is 0 Å². The lowest BCUT2D eigenvalue weighted by Gasteiger charge is -2.10. The molecule has 0 atom stereocenters. The Kier molecular flexibility index (Phi) is 7.59. The number of rotatable bonds is 9. The van der Waals surface area contributed by atoms with E-state index in [1.165, 1.54) is 16.8 Å². The summed E-state index contributed by atoms with van der Waals surface area (Å²) in [6, 6.07) is 18.1. The SMILES string of the molecule is CCCOc1ccc(/C=N\NC(=O)c2cccn(Cc3ccccc3)c2=O)cc1OC. The summed E-state index contributed by atoms with van der Waals surface area (Å²) in [6.45, 7) is 3.01. The monoisotopic (exact) mass is 419 g/mol. The summed E-state index contributed by atoms with van der Waals surface area (Å²) in [5.41, 5.74) is 3.75. The number of benzene rings is 2. The summed E-state index contributed by atoms with van der Waals surface area (Å²) in [5.74, 6) is 0.655. The van der Waals surface area contributed by atoms with Crippen LogP contribution in [0.3, 0.4) is 0 Å². The highest BCUT2D eigenvalue weighted by Gasteiger charge is 2.12. The van der Waals surface area contributed by atoms with Crippen molar-refractivity contribution in [2.24, 2.45) is 5.10 Å². The molecule has 0 bridgehead atoms. The first-order valence-electron chi connectivity index (χ1n) is 10.00. The van der Waals surface area contributed by atoms with Crippen LogP contribution in [0.4, 0.5) is 0 Å². The second kappa shape index (κ2) is 10.8. The minimum Gasteiger partial charge on any atom is -0.493 e. The third-order valence-corrected chi connectivity index (χ3v) is 4.49. The maximum absolute atomic E-state index is 12.7. The molecule has 3 aromatic rings. The molecule has 0 spiro atoms. The lowest BCUT2D eigenvalue weighted by molar-refractivity contribution is 0.0953. The van der Waals surface area contributed by atoms with Crippen molar-refractivity contribution in [1.82, 2.24) is 9.99 Å². The third-order valence-electron chi connectivity index (χ3n) is 4.49. The first-order chi connectivity index (χ1) is 15.1. The van der Waals surface area contributed by atoms with E-state index in [2.05, 4.69) is 10.5 Å². The van der Waals surface area contributed by atoms with Gasteiger partial charge >= 0.3 is 0 Å². The number of carbonyl (C=O) groups is 1. The summed E-state index contributed by atoms with van der Waals surface area (Å²) < 4.78 is 12.5. The highest BCUT2D eigenvalue weighted by Crippen LogP contribution is 2.27. The molecule has 0 fully saturated rings. The van der Waals surface area contributed by atoms with Crippen LogP contribution in [0.15, 0.2) is 76.8 Å². The van der Waals surface area contributed by atoms with Gasteiger partial charge in [-0.25, -0.2) is 5.43 Å². The quantitative estimate of drug-likeness (QED) is 0.425. The third kappa shape index (κ3) is 5.82. The molecule has 0 radical (unpaired) electrons. The Bertz CT molecular complexity index is 1110. The molecule has 0 unspecified atom stereocenters. The Labute approximate surface area is 180 Å². The molecule has 0 aliphatic rings. The van der Waals surface area contributed by atoms with E-state index in [0.29, 0.717) is 24.7 Å². The number of methoxy groups -OCH3 is 1. The molecule has 1 aromatic heterocycles. The number of nitrogens with one attached hydrogen (secondary N) is 1. The van der Waals surface area contributed by atoms with E-state index in [9.17, 15) is 9.59 Å². The molecule has 7 nitrogen and oxygen atoms in total. The molecular weight excluding hydrogens is 394 g/mol. The first-order valence-corrected chi connectivity index (χ1v) is 10.00. The fourth-order valence-electron chi connectivity index (χ4n) is 2.94. The first kappa shape index (κ1) is 21.8. The van der Waals surface area contributed by atoms with Crippen molar-refractivity contribution in [2.75, 3.05) is 13.7 Å². The van der Waals surface area contributed by atoms with E-state index in [1.807, 2.05) is 37.3 Å². The molecule has 1 amide bonds. The zero-order valence-electron chi connectivity index (χ0n) is 17.6. The van der Waals surface area contributed by atoms with E-state index in [1.54, 1.807) is 37.6 Å². The predicted octanol–water partition coefficient (Wildman–Crippen LogP) is 3.46. The van der Waals surface area contributed by atoms with Crippen LogP contribution in [0.1, 0.15) is 34.8 Å². The maximum Gasteiger partial charge on any atom is 0.276 e. The number of amides is 1. The molecule has 1 N–H and O–H groups in total. The number of nitrogens with zero attached hydrogens (tertiary/aromatic N) is 2. The number of hydrazone groups is 1. The highest BCUT2D eigenvalue weighted by atomic mass is 16.5. The number of hydrogen-bond acceptors (Lipinski definition) is 5. The highest BCUT2D eigenvalue weighted by molar-refractivity contribution is 5.94. The summed E-state index contributed by atoms with van der Waals surface area (Å²) in [4.78, 5) is 25.1. The van der Waals surface area contributed by atoms with Crippen LogP contribution in [-0.2, 0) is 6.54 Å². The molecule has 0 aliphatic carbocycles. The van der Waals surface area contributed by atoms with Crippen molar-refractivity contribution in [2.45, 2.75) is 19.9 Å². The van der Waals surface area contributed by atoms with Crippen LogP contribution < -0.4 is 20.5 Å². The van der Waals surface area contributed by atoms with Crippen LogP contribution in [0.2, 0.25) is 0 Å². The van der Waals surface area contributed by atoms with Gasteiger partial charge in [-0.15, -0.1) is 0 Å². The topological polar surface area (TPSA) is 81.9 Å². The van der Waals surface area contributed by atoms with Crippen molar-refractivity contribution in [3.63, 3.8) is 0 Å². The van der Waals surface area contributed by atoms with Crippen molar-refractivity contribution >= 4 is 12.1 Å². The Hall–Kier alpha value is -3.87. The number of pyridine rings is 1. The van der Waals surface area contributed by atoms with Crippen molar-refractivity contribution in [3.05, 3.63) is 93.9 Å². The van der Waals surface area contributed by atoms with Gasteiger partial charge in [-0.05, 0) is 47.9 Å². The fraction of sp³-hybridized carbons (Fsp3) is 0.208. The van der Waals surface area contributed by atoms with Gasteiger partial charge in [0.25, 0.3) is 11.5 Å². The van der Waals surface area contributed by atoms with Crippen molar-refractivity contribution < 1.29 is 14.3 Å². The van der Waals surface area contributed by atoms with E-state index in [0.717, 1.165) is 17.5 Å². The average Bonchev–Trinajstić information content (AvgIpc) is 2.80.